The number of aliphatic hydroxyl groups excluding tert-OH is 1. The zero-order valence-corrected chi connectivity index (χ0v) is 22.2. The molecule has 0 fully saturated rings. The molecule has 0 amide bonds. The third kappa shape index (κ3) is 4.92. The Hall–Kier alpha value is -5.68. The smallest absolute Gasteiger partial charge is 0.202 e. The SMILES string of the molecule is [C-]#[N+]c1c(C=Cc2ccc(N(c3ccc(CO)cc3)c3cccc4ccccc34)cc2)ccc2c(C#N)cccc12. The number of rotatable bonds is 6. The Labute approximate surface area is 239 Å². The Bertz CT molecular complexity index is 1990. The van der Waals surface area contributed by atoms with Gasteiger partial charge in [-0.15, -0.1) is 0 Å². The highest BCUT2D eigenvalue weighted by molar-refractivity contribution is 6.02. The summed E-state index contributed by atoms with van der Waals surface area (Å²) in [6.45, 7) is 7.79. The lowest BCUT2D eigenvalue weighted by Crippen LogP contribution is -2.10. The molecule has 0 bridgehead atoms. The van der Waals surface area contributed by atoms with Gasteiger partial charge in [0.25, 0.3) is 0 Å². The van der Waals surface area contributed by atoms with Crippen LogP contribution in [0.2, 0.25) is 0 Å². The molecule has 0 aliphatic rings. The second-order valence-corrected chi connectivity index (χ2v) is 9.71. The highest BCUT2D eigenvalue weighted by Crippen LogP contribution is 2.39. The lowest BCUT2D eigenvalue weighted by atomic mass is 9.99. The molecule has 0 aliphatic heterocycles. The van der Waals surface area contributed by atoms with E-state index in [1.54, 1.807) is 6.07 Å². The average Bonchev–Trinajstić information content (AvgIpc) is 3.04. The lowest BCUT2D eigenvalue weighted by Gasteiger charge is -2.27. The number of hydrogen-bond acceptors (Lipinski definition) is 3. The zero-order valence-electron chi connectivity index (χ0n) is 22.2. The molecule has 6 rings (SSSR count). The van der Waals surface area contributed by atoms with Gasteiger partial charge in [0.2, 0.25) is 5.69 Å². The molecule has 6 aromatic rings. The highest BCUT2D eigenvalue weighted by atomic mass is 16.3. The number of benzene rings is 6. The van der Waals surface area contributed by atoms with Crippen molar-refractivity contribution in [3.63, 3.8) is 0 Å². The van der Waals surface area contributed by atoms with Gasteiger partial charge in [-0.1, -0.05) is 97.1 Å². The van der Waals surface area contributed by atoms with Crippen LogP contribution in [0.4, 0.5) is 22.7 Å². The number of nitriles is 1. The van der Waals surface area contributed by atoms with E-state index in [9.17, 15) is 10.4 Å². The summed E-state index contributed by atoms with van der Waals surface area (Å²) < 4.78 is 0. The molecule has 41 heavy (non-hydrogen) atoms. The fraction of sp³-hybridized carbons (Fsp3) is 0.0270. The maximum atomic E-state index is 9.57. The highest BCUT2D eigenvalue weighted by Gasteiger charge is 2.15. The Balaban J connectivity index is 1.38. The predicted octanol–water partition coefficient (Wildman–Crippen LogP) is 9.55. The van der Waals surface area contributed by atoms with Gasteiger partial charge < -0.3 is 10.0 Å². The summed E-state index contributed by atoms with van der Waals surface area (Å²) in [6.07, 6.45) is 3.96. The van der Waals surface area contributed by atoms with Gasteiger partial charge in [0.15, 0.2) is 0 Å². The molecule has 0 saturated carbocycles. The van der Waals surface area contributed by atoms with Crippen molar-refractivity contribution in [1.82, 2.24) is 0 Å². The Kier molecular flexibility index (Phi) is 6.99. The summed E-state index contributed by atoms with van der Waals surface area (Å²) in [7, 11) is 0. The summed E-state index contributed by atoms with van der Waals surface area (Å²) in [5.41, 5.74) is 6.86. The quantitative estimate of drug-likeness (QED) is 0.173. The molecule has 4 heteroatoms. The van der Waals surface area contributed by atoms with Crippen molar-refractivity contribution in [1.29, 1.82) is 5.26 Å². The van der Waals surface area contributed by atoms with Crippen LogP contribution in [0.1, 0.15) is 22.3 Å². The monoisotopic (exact) mass is 527 g/mol. The summed E-state index contributed by atoms with van der Waals surface area (Å²) in [4.78, 5) is 6.02. The molecule has 0 heterocycles. The molecule has 0 unspecified atom stereocenters. The third-order valence-corrected chi connectivity index (χ3v) is 7.29. The number of fused-ring (bicyclic) bond motifs is 2. The Morgan fingerprint density at radius 1 is 0.707 bits per heavy atom. The minimum Gasteiger partial charge on any atom is -0.392 e. The first-order valence-corrected chi connectivity index (χ1v) is 13.3. The normalized spacial score (nSPS) is 11.0. The first-order valence-electron chi connectivity index (χ1n) is 13.3. The number of anilines is 3. The van der Waals surface area contributed by atoms with Gasteiger partial charge in [0.1, 0.15) is 0 Å². The van der Waals surface area contributed by atoms with Crippen LogP contribution in [-0.4, -0.2) is 5.11 Å². The molecule has 0 atom stereocenters. The summed E-state index contributed by atoms with van der Waals surface area (Å²) in [6, 6.07) is 42.5. The number of aliphatic hydroxyl groups is 1. The van der Waals surface area contributed by atoms with Gasteiger partial charge in [0, 0.05) is 16.8 Å². The fourth-order valence-corrected chi connectivity index (χ4v) is 5.22. The van der Waals surface area contributed by atoms with Gasteiger partial charge in [-0.05, 0) is 69.2 Å². The lowest BCUT2D eigenvalue weighted by molar-refractivity contribution is 0.282. The van der Waals surface area contributed by atoms with Crippen LogP contribution in [0.25, 0.3) is 38.5 Å². The van der Waals surface area contributed by atoms with Gasteiger partial charge in [-0.25, -0.2) is 4.85 Å². The first-order chi connectivity index (χ1) is 20.2. The van der Waals surface area contributed by atoms with E-state index in [1.807, 2.05) is 66.7 Å². The molecule has 0 spiro atoms. The van der Waals surface area contributed by atoms with E-state index in [2.05, 4.69) is 76.5 Å². The van der Waals surface area contributed by atoms with Crippen molar-refractivity contribution < 1.29 is 5.11 Å². The maximum absolute atomic E-state index is 9.57. The van der Waals surface area contributed by atoms with Crippen molar-refractivity contribution >= 4 is 56.4 Å². The van der Waals surface area contributed by atoms with E-state index >= 15 is 0 Å². The predicted molar refractivity (Wildman–Crippen MR) is 168 cm³/mol. The number of hydrogen-bond donors (Lipinski definition) is 1. The standard InChI is InChI=1S/C37H25N3O/c1-39-37-29(18-23-33-30(24-38)8-4-10-35(33)37)17-12-26-13-19-31(20-14-26)40(32-21-15-27(25-41)16-22-32)36-11-5-7-28-6-2-3-9-34(28)36/h2-23,41H,25H2. The van der Waals surface area contributed by atoms with Crippen LogP contribution < -0.4 is 4.90 Å². The minimum atomic E-state index is 0.00147. The zero-order chi connectivity index (χ0) is 28.2. The van der Waals surface area contributed by atoms with Crippen molar-refractivity contribution in [2.24, 2.45) is 0 Å². The molecule has 0 radical (unpaired) electrons. The van der Waals surface area contributed by atoms with Gasteiger partial charge in [0.05, 0.1) is 30.5 Å². The van der Waals surface area contributed by atoms with E-state index < -0.39 is 0 Å². The molecule has 4 nitrogen and oxygen atoms in total. The second kappa shape index (κ2) is 11.2. The van der Waals surface area contributed by atoms with E-state index in [0.29, 0.717) is 11.3 Å². The molecular formula is C37H25N3O. The molecular weight excluding hydrogens is 502 g/mol. The second-order valence-electron chi connectivity index (χ2n) is 9.71. The van der Waals surface area contributed by atoms with Gasteiger partial charge >= 0.3 is 0 Å². The van der Waals surface area contributed by atoms with Gasteiger partial charge in [-0.3, -0.25) is 0 Å². The molecule has 6 aromatic carbocycles. The third-order valence-electron chi connectivity index (χ3n) is 7.29. The summed E-state index contributed by atoms with van der Waals surface area (Å²) >= 11 is 0. The summed E-state index contributed by atoms with van der Waals surface area (Å²) in [5.74, 6) is 0. The molecule has 1 N–H and O–H groups in total. The maximum Gasteiger partial charge on any atom is 0.202 e. The number of nitrogens with zero attached hydrogens (tertiary/aromatic N) is 3. The fourth-order valence-electron chi connectivity index (χ4n) is 5.22. The Morgan fingerprint density at radius 3 is 2.12 bits per heavy atom. The molecule has 0 aromatic heterocycles. The van der Waals surface area contributed by atoms with Crippen molar-refractivity contribution in [2.75, 3.05) is 4.90 Å². The summed E-state index contributed by atoms with van der Waals surface area (Å²) in [5, 5.41) is 22.9. The van der Waals surface area contributed by atoms with E-state index in [0.717, 1.165) is 55.3 Å². The largest absolute Gasteiger partial charge is 0.392 e. The van der Waals surface area contributed by atoms with Gasteiger partial charge in [-0.2, -0.15) is 5.26 Å². The van der Waals surface area contributed by atoms with Crippen LogP contribution in [0.5, 0.6) is 0 Å². The van der Waals surface area contributed by atoms with Crippen LogP contribution in [-0.2, 0) is 6.61 Å². The van der Waals surface area contributed by atoms with Crippen LogP contribution >= 0.6 is 0 Å². The minimum absolute atomic E-state index is 0.00147. The van der Waals surface area contributed by atoms with Crippen LogP contribution in [0.15, 0.2) is 121 Å². The van der Waals surface area contributed by atoms with Crippen molar-refractivity contribution in [2.45, 2.75) is 6.61 Å². The van der Waals surface area contributed by atoms with Crippen LogP contribution in [0, 0.1) is 17.9 Å². The van der Waals surface area contributed by atoms with Crippen molar-refractivity contribution in [3.05, 3.63) is 155 Å². The van der Waals surface area contributed by atoms with E-state index in [1.165, 1.54) is 0 Å². The Morgan fingerprint density at radius 2 is 1.39 bits per heavy atom. The first kappa shape index (κ1) is 25.6. The molecule has 194 valence electrons. The topological polar surface area (TPSA) is 51.6 Å². The molecule has 0 aliphatic carbocycles. The van der Waals surface area contributed by atoms with E-state index in [4.69, 9.17) is 6.57 Å². The van der Waals surface area contributed by atoms with Crippen LogP contribution in [0.3, 0.4) is 0 Å². The molecule has 0 saturated heterocycles. The van der Waals surface area contributed by atoms with Crippen molar-refractivity contribution in [3.8, 4) is 6.07 Å². The average molecular weight is 528 g/mol. The van der Waals surface area contributed by atoms with E-state index in [-0.39, 0.29) is 6.61 Å².